The maximum atomic E-state index is 12.3. The summed E-state index contributed by atoms with van der Waals surface area (Å²) < 4.78 is 16.0. The Bertz CT molecular complexity index is 747. The third kappa shape index (κ3) is 5.03. The quantitative estimate of drug-likeness (QED) is 0.762. The standard InChI is InChI=1S/C19H23ClN2O4/c1-19(26-4,13-6-5-7-14(20)8-13)12-21-18(23)22-15-9-16(24-2)11-17(10-15)25-3/h5-11H,12H2,1-4H3,(H2,21,22,23). The smallest absolute Gasteiger partial charge is 0.319 e. The van der Waals surface area contributed by atoms with Crippen LogP contribution in [0.2, 0.25) is 5.02 Å². The summed E-state index contributed by atoms with van der Waals surface area (Å²) in [4.78, 5) is 12.3. The lowest BCUT2D eigenvalue weighted by Gasteiger charge is -2.29. The summed E-state index contributed by atoms with van der Waals surface area (Å²) in [6.07, 6.45) is 0. The van der Waals surface area contributed by atoms with E-state index in [2.05, 4.69) is 10.6 Å². The molecule has 0 aliphatic rings. The zero-order valence-corrected chi connectivity index (χ0v) is 16.0. The molecule has 26 heavy (non-hydrogen) atoms. The minimum atomic E-state index is -0.714. The van der Waals surface area contributed by atoms with Gasteiger partial charge in [-0.1, -0.05) is 23.7 Å². The Morgan fingerprint density at radius 3 is 2.27 bits per heavy atom. The molecule has 0 saturated carbocycles. The van der Waals surface area contributed by atoms with Gasteiger partial charge in [-0.15, -0.1) is 0 Å². The molecule has 2 N–H and O–H groups in total. The van der Waals surface area contributed by atoms with Crippen LogP contribution in [0.3, 0.4) is 0 Å². The van der Waals surface area contributed by atoms with Crippen LogP contribution in [0.4, 0.5) is 10.5 Å². The van der Waals surface area contributed by atoms with E-state index in [1.165, 1.54) is 0 Å². The summed E-state index contributed by atoms with van der Waals surface area (Å²) in [5, 5.41) is 6.18. The monoisotopic (exact) mass is 378 g/mol. The molecule has 2 aromatic carbocycles. The van der Waals surface area contributed by atoms with Gasteiger partial charge in [0.2, 0.25) is 0 Å². The first kappa shape index (κ1) is 19.9. The molecule has 0 aliphatic carbocycles. The fourth-order valence-corrected chi connectivity index (χ4v) is 2.60. The van der Waals surface area contributed by atoms with E-state index in [1.807, 2.05) is 25.1 Å². The van der Waals surface area contributed by atoms with Gasteiger partial charge >= 0.3 is 6.03 Å². The number of amides is 2. The predicted molar refractivity (Wildman–Crippen MR) is 102 cm³/mol. The summed E-state index contributed by atoms with van der Waals surface area (Å²) in [6.45, 7) is 2.14. The van der Waals surface area contributed by atoms with Gasteiger partial charge in [0.15, 0.2) is 0 Å². The van der Waals surface area contributed by atoms with Gasteiger partial charge in [-0.25, -0.2) is 4.79 Å². The van der Waals surface area contributed by atoms with E-state index in [9.17, 15) is 4.79 Å². The van der Waals surface area contributed by atoms with E-state index >= 15 is 0 Å². The Labute approximate surface area is 158 Å². The van der Waals surface area contributed by atoms with Gasteiger partial charge < -0.3 is 24.8 Å². The summed E-state index contributed by atoms with van der Waals surface area (Å²) in [5.74, 6) is 1.17. The SMILES string of the molecule is COc1cc(NC(=O)NCC(C)(OC)c2cccc(Cl)c2)cc(OC)c1. The van der Waals surface area contributed by atoms with Crippen LogP contribution in [0.5, 0.6) is 11.5 Å². The predicted octanol–water partition coefficient (Wildman–Crippen LogP) is 4.04. The Morgan fingerprint density at radius 2 is 1.73 bits per heavy atom. The number of methoxy groups -OCH3 is 3. The number of hydrogen-bond acceptors (Lipinski definition) is 4. The highest BCUT2D eigenvalue weighted by Crippen LogP contribution is 2.27. The lowest BCUT2D eigenvalue weighted by Crippen LogP contribution is -2.41. The number of benzene rings is 2. The third-order valence-electron chi connectivity index (χ3n) is 4.08. The molecule has 2 aromatic rings. The zero-order valence-electron chi connectivity index (χ0n) is 15.3. The first-order chi connectivity index (χ1) is 12.4. The Balaban J connectivity index is 2.05. The Morgan fingerprint density at radius 1 is 1.08 bits per heavy atom. The number of halogens is 1. The van der Waals surface area contributed by atoms with E-state index in [1.54, 1.807) is 45.6 Å². The molecule has 1 atom stereocenters. The van der Waals surface area contributed by atoms with Gasteiger partial charge in [-0.3, -0.25) is 0 Å². The van der Waals surface area contributed by atoms with E-state index in [0.29, 0.717) is 22.2 Å². The molecule has 0 bridgehead atoms. The molecular weight excluding hydrogens is 356 g/mol. The zero-order chi connectivity index (χ0) is 19.2. The number of carbonyl (C=O) groups is 1. The Kier molecular flexibility index (Phi) is 6.71. The highest BCUT2D eigenvalue weighted by molar-refractivity contribution is 6.30. The lowest BCUT2D eigenvalue weighted by atomic mass is 9.96. The fourth-order valence-electron chi connectivity index (χ4n) is 2.41. The number of anilines is 1. The molecule has 0 radical (unpaired) electrons. The normalized spacial score (nSPS) is 12.8. The molecule has 140 valence electrons. The van der Waals surface area contributed by atoms with E-state index < -0.39 is 5.60 Å². The Hall–Kier alpha value is -2.44. The van der Waals surface area contributed by atoms with Crippen molar-refractivity contribution in [2.45, 2.75) is 12.5 Å². The molecule has 6 nitrogen and oxygen atoms in total. The summed E-state index contributed by atoms with van der Waals surface area (Å²) >= 11 is 6.06. The van der Waals surface area contributed by atoms with Gasteiger partial charge in [0.1, 0.15) is 17.1 Å². The lowest BCUT2D eigenvalue weighted by molar-refractivity contribution is 0.00521. The van der Waals surface area contributed by atoms with E-state index in [4.69, 9.17) is 25.8 Å². The van der Waals surface area contributed by atoms with Gasteiger partial charge in [-0.2, -0.15) is 0 Å². The van der Waals surface area contributed by atoms with Crippen LogP contribution in [0.15, 0.2) is 42.5 Å². The van der Waals surface area contributed by atoms with Crippen molar-refractivity contribution >= 4 is 23.3 Å². The number of urea groups is 1. The largest absolute Gasteiger partial charge is 0.497 e. The molecular formula is C19H23ClN2O4. The molecule has 0 fully saturated rings. The van der Waals surface area contributed by atoms with Crippen molar-refractivity contribution in [3.05, 3.63) is 53.1 Å². The molecule has 0 spiro atoms. The average Bonchev–Trinajstić information content (AvgIpc) is 2.65. The maximum Gasteiger partial charge on any atom is 0.319 e. The molecule has 2 rings (SSSR count). The maximum absolute atomic E-state index is 12.3. The molecule has 1 unspecified atom stereocenters. The number of ether oxygens (including phenoxy) is 3. The van der Waals surface area contributed by atoms with Gasteiger partial charge in [0, 0.05) is 36.0 Å². The first-order valence-electron chi connectivity index (χ1n) is 7.99. The highest BCUT2D eigenvalue weighted by atomic mass is 35.5. The van der Waals surface area contributed by atoms with Gasteiger partial charge in [0.25, 0.3) is 0 Å². The van der Waals surface area contributed by atoms with Crippen molar-refractivity contribution in [3.8, 4) is 11.5 Å². The molecule has 0 saturated heterocycles. The number of rotatable bonds is 7. The topological polar surface area (TPSA) is 68.8 Å². The molecule has 0 heterocycles. The second-order valence-corrected chi connectivity index (χ2v) is 6.29. The minimum absolute atomic E-state index is 0.261. The van der Waals surface area contributed by atoms with Crippen LogP contribution in [-0.2, 0) is 10.3 Å². The second-order valence-electron chi connectivity index (χ2n) is 5.85. The van der Waals surface area contributed by atoms with Crippen molar-refractivity contribution in [1.82, 2.24) is 5.32 Å². The van der Waals surface area contributed by atoms with Crippen LogP contribution >= 0.6 is 11.6 Å². The third-order valence-corrected chi connectivity index (χ3v) is 4.32. The van der Waals surface area contributed by atoms with Crippen LogP contribution in [0.25, 0.3) is 0 Å². The highest BCUT2D eigenvalue weighted by Gasteiger charge is 2.27. The van der Waals surface area contributed by atoms with Crippen molar-refractivity contribution < 1.29 is 19.0 Å². The number of nitrogens with one attached hydrogen (secondary N) is 2. The van der Waals surface area contributed by atoms with Crippen molar-refractivity contribution in [2.75, 3.05) is 33.2 Å². The van der Waals surface area contributed by atoms with Crippen LogP contribution in [0, 0.1) is 0 Å². The van der Waals surface area contributed by atoms with Crippen molar-refractivity contribution in [3.63, 3.8) is 0 Å². The van der Waals surface area contributed by atoms with Crippen molar-refractivity contribution in [2.24, 2.45) is 0 Å². The van der Waals surface area contributed by atoms with E-state index in [-0.39, 0.29) is 12.6 Å². The molecule has 7 heteroatoms. The average molecular weight is 379 g/mol. The van der Waals surface area contributed by atoms with Crippen LogP contribution < -0.4 is 20.1 Å². The molecule has 0 aliphatic heterocycles. The molecule has 0 aromatic heterocycles. The summed E-state index contributed by atoms with van der Waals surface area (Å²) in [6, 6.07) is 12.1. The minimum Gasteiger partial charge on any atom is -0.497 e. The van der Waals surface area contributed by atoms with Gasteiger partial charge in [0.05, 0.1) is 20.8 Å². The second kappa shape index (κ2) is 8.78. The van der Waals surface area contributed by atoms with Crippen LogP contribution in [0.1, 0.15) is 12.5 Å². The number of carbonyl (C=O) groups excluding carboxylic acids is 1. The van der Waals surface area contributed by atoms with Crippen LogP contribution in [-0.4, -0.2) is 33.9 Å². The summed E-state index contributed by atoms with van der Waals surface area (Å²) in [7, 11) is 4.69. The van der Waals surface area contributed by atoms with Gasteiger partial charge in [-0.05, 0) is 24.6 Å². The first-order valence-corrected chi connectivity index (χ1v) is 8.37. The number of hydrogen-bond donors (Lipinski definition) is 2. The van der Waals surface area contributed by atoms with E-state index in [0.717, 1.165) is 5.56 Å². The van der Waals surface area contributed by atoms with Crippen molar-refractivity contribution in [1.29, 1.82) is 0 Å². The molecule has 2 amide bonds. The fraction of sp³-hybridized carbons (Fsp3) is 0.316. The summed E-state index contributed by atoms with van der Waals surface area (Å²) in [5.41, 5.74) is 0.713.